The Balaban J connectivity index is 1.49. The van der Waals surface area contributed by atoms with E-state index in [1.54, 1.807) is 10.7 Å². The van der Waals surface area contributed by atoms with Crippen LogP contribution in [0.4, 0.5) is 11.6 Å². The molecule has 0 aliphatic carbocycles. The molecule has 1 atom stereocenters. The van der Waals surface area contributed by atoms with Crippen molar-refractivity contribution in [1.82, 2.24) is 19.7 Å². The van der Waals surface area contributed by atoms with Gasteiger partial charge in [0.2, 0.25) is 11.1 Å². The molecule has 1 saturated heterocycles. The highest BCUT2D eigenvalue weighted by Crippen LogP contribution is 2.40. The minimum Gasteiger partial charge on any atom is -0.492 e. The second-order valence-electron chi connectivity index (χ2n) is 10.4. The summed E-state index contributed by atoms with van der Waals surface area (Å²) in [5.41, 5.74) is 2.45. The van der Waals surface area contributed by atoms with Crippen LogP contribution in [-0.2, 0) is 9.59 Å². The Morgan fingerprint density at radius 2 is 1.73 bits per heavy atom. The van der Waals surface area contributed by atoms with Crippen LogP contribution in [0.15, 0.2) is 58.9 Å². The number of allylic oxidation sites excluding steroid dienone is 1. The largest absolute Gasteiger partial charge is 0.492 e. The van der Waals surface area contributed by atoms with E-state index in [4.69, 9.17) is 19.3 Å². The predicted molar refractivity (Wildman–Crippen MR) is 171 cm³/mol. The number of aromatic nitrogens is 3. The maximum Gasteiger partial charge on any atom is 0.260 e. The number of rotatable bonds is 12. The van der Waals surface area contributed by atoms with E-state index in [0.29, 0.717) is 58.5 Å². The van der Waals surface area contributed by atoms with Crippen molar-refractivity contribution in [3.05, 3.63) is 59.3 Å². The van der Waals surface area contributed by atoms with Crippen molar-refractivity contribution in [2.75, 3.05) is 49.3 Å². The summed E-state index contributed by atoms with van der Waals surface area (Å²) in [6.45, 7) is 10.0. The van der Waals surface area contributed by atoms with Gasteiger partial charge in [-0.3, -0.25) is 9.59 Å². The summed E-state index contributed by atoms with van der Waals surface area (Å²) in [5.74, 6) is 2.55. The van der Waals surface area contributed by atoms with Crippen LogP contribution in [0.3, 0.4) is 0 Å². The van der Waals surface area contributed by atoms with E-state index in [2.05, 4.69) is 15.6 Å². The Morgan fingerprint density at radius 1 is 0.977 bits per heavy atom. The van der Waals surface area contributed by atoms with Crippen molar-refractivity contribution in [3.63, 3.8) is 0 Å². The fraction of sp³-hybridized carbons (Fsp3) is 0.438. The molecule has 0 spiro atoms. The van der Waals surface area contributed by atoms with Gasteiger partial charge in [0.15, 0.2) is 18.1 Å². The zero-order chi connectivity index (χ0) is 31.1. The van der Waals surface area contributed by atoms with Crippen LogP contribution in [0.25, 0.3) is 0 Å². The first kappa shape index (κ1) is 31.2. The van der Waals surface area contributed by atoms with Gasteiger partial charge < -0.3 is 29.7 Å². The van der Waals surface area contributed by atoms with Crippen molar-refractivity contribution in [1.29, 1.82) is 0 Å². The number of likely N-dealkylation sites (tertiary alicyclic amines) is 1. The third-order valence-electron chi connectivity index (χ3n) is 7.43. The number of para-hydroxylation sites is 2. The van der Waals surface area contributed by atoms with Gasteiger partial charge in [-0.15, -0.1) is 5.10 Å². The lowest BCUT2D eigenvalue weighted by atomic mass is 9.94. The van der Waals surface area contributed by atoms with Gasteiger partial charge >= 0.3 is 0 Å². The van der Waals surface area contributed by atoms with E-state index >= 15 is 0 Å². The van der Waals surface area contributed by atoms with Gasteiger partial charge in [-0.1, -0.05) is 36.9 Å². The first-order chi connectivity index (χ1) is 21.4. The second kappa shape index (κ2) is 14.5. The number of hydrogen-bond donors (Lipinski definition) is 2. The number of amides is 2. The molecule has 3 aromatic rings. The van der Waals surface area contributed by atoms with Crippen LogP contribution in [0.2, 0.25) is 0 Å². The molecule has 1 aromatic heterocycles. The van der Waals surface area contributed by atoms with Gasteiger partial charge in [0.1, 0.15) is 11.8 Å². The molecule has 2 aliphatic heterocycles. The van der Waals surface area contributed by atoms with Crippen molar-refractivity contribution >= 4 is 35.2 Å². The number of ether oxygens (including phenoxy) is 3. The average molecular weight is 621 g/mol. The molecule has 0 radical (unpaired) electrons. The summed E-state index contributed by atoms with van der Waals surface area (Å²) in [4.78, 5) is 33.4. The highest BCUT2D eigenvalue weighted by atomic mass is 32.2. The van der Waals surface area contributed by atoms with E-state index in [0.717, 1.165) is 43.7 Å². The number of anilines is 2. The lowest BCUT2D eigenvalue weighted by Crippen LogP contribution is -2.38. The molecule has 2 amide bonds. The minimum absolute atomic E-state index is 0.0346. The number of fused-ring (bicyclic) bond motifs is 1. The molecule has 2 N–H and O–H groups in total. The fourth-order valence-electron chi connectivity index (χ4n) is 5.42. The normalized spacial score (nSPS) is 16.2. The van der Waals surface area contributed by atoms with E-state index < -0.39 is 6.04 Å². The van der Waals surface area contributed by atoms with Crippen molar-refractivity contribution < 1.29 is 23.8 Å². The quantitative estimate of drug-likeness (QED) is 0.253. The molecule has 3 heterocycles. The van der Waals surface area contributed by atoms with Gasteiger partial charge in [0, 0.05) is 18.8 Å². The number of nitrogens with one attached hydrogen (secondary N) is 2. The number of nitrogens with zero attached hydrogens (tertiary/aromatic N) is 4. The van der Waals surface area contributed by atoms with Gasteiger partial charge in [0.05, 0.1) is 24.5 Å². The zero-order valence-corrected chi connectivity index (χ0v) is 26.5. The summed E-state index contributed by atoms with van der Waals surface area (Å²) in [5, 5.41) is 11.7. The van der Waals surface area contributed by atoms with Crippen molar-refractivity contribution in [3.8, 4) is 17.2 Å². The monoisotopic (exact) mass is 620 g/mol. The molecule has 2 aromatic carbocycles. The summed E-state index contributed by atoms with van der Waals surface area (Å²) in [7, 11) is 0. The lowest BCUT2D eigenvalue weighted by Gasteiger charge is -2.29. The van der Waals surface area contributed by atoms with Crippen molar-refractivity contribution in [2.45, 2.75) is 58.2 Å². The molecule has 5 rings (SSSR count). The predicted octanol–water partition coefficient (Wildman–Crippen LogP) is 5.51. The Bertz CT molecular complexity index is 1520. The molecule has 234 valence electrons. The topological polar surface area (TPSA) is 120 Å². The van der Waals surface area contributed by atoms with E-state index in [-0.39, 0.29) is 18.4 Å². The number of carbonyl (C=O) groups excluding carboxylic acids is 2. The maximum atomic E-state index is 14.0. The molecule has 1 unspecified atom stereocenters. The summed E-state index contributed by atoms with van der Waals surface area (Å²) in [6, 6.07) is 12.3. The standard InChI is InChI=1S/C32H40N6O5S/c1-5-41-24-14-10-9-13-23(24)34-30(40)28-21(4)33-31-35-32(44-7-3)36-38(31)29(28)22-15-16-25(26(19-22)42-6-2)43-20-27(39)37-17-11-8-12-18-37/h9-10,13-16,19,29H,5-8,11-12,17-18,20H2,1-4H3,(H,34,40)(H,33,35,36). The molecular weight excluding hydrogens is 580 g/mol. The Labute approximate surface area is 262 Å². The molecule has 12 heteroatoms. The molecule has 1 fully saturated rings. The molecule has 0 saturated carbocycles. The van der Waals surface area contributed by atoms with E-state index in [1.807, 2.05) is 69.0 Å². The number of hydrogen-bond acceptors (Lipinski definition) is 9. The van der Waals surface area contributed by atoms with Crippen LogP contribution < -0.4 is 24.8 Å². The van der Waals surface area contributed by atoms with E-state index in [1.165, 1.54) is 11.8 Å². The zero-order valence-electron chi connectivity index (χ0n) is 25.7. The molecule has 0 bridgehead atoms. The fourth-order valence-corrected chi connectivity index (χ4v) is 5.98. The molecular formula is C32H40N6O5S. The SMILES string of the molecule is CCOc1ccccc1NC(=O)C1=C(C)Nc2nc(SCC)nn2C1c1ccc(OCC(=O)N2CCCCC2)c(OCC)c1. The summed E-state index contributed by atoms with van der Waals surface area (Å²) in [6.07, 6.45) is 3.18. The van der Waals surface area contributed by atoms with E-state index in [9.17, 15) is 9.59 Å². The van der Waals surface area contributed by atoms with Crippen LogP contribution in [0.5, 0.6) is 17.2 Å². The van der Waals surface area contributed by atoms with Crippen LogP contribution >= 0.6 is 11.8 Å². The first-order valence-corrected chi connectivity index (χ1v) is 16.2. The number of thioether (sulfide) groups is 1. The summed E-state index contributed by atoms with van der Waals surface area (Å²) >= 11 is 1.52. The Hall–Kier alpha value is -4.19. The number of benzene rings is 2. The lowest BCUT2D eigenvalue weighted by molar-refractivity contribution is -0.134. The van der Waals surface area contributed by atoms with Gasteiger partial charge in [0.25, 0.3) is 11.8 Å². The first-order valence-electron chi connectivity index (χ1n) is 15.2. The molecule has 2 aliphatic rings. The minimum atomic E-state index is -0.618. The van der Waals surface area contributed by atoms with Crippen LogP contribution in [0.1, 0.15) is 58.6 Å². The van der Waals surface area contributed by atoms with Crippen LogP contribution in [0, 0.1) is 0 Å². The third-order valence-corrected chi connectivity index (χ3v) is 8.15. The molecule has 44 heavy (non-hydrogen) atoms. The van der Waals surface area contributed by atoms with Crippen LogP contribution in [-0.4, -0.2) is 70.1 Å². The number of piperidine rings is 1. The highest BCUT2D eigenvalue weighted by molar-refractivity contribution is 7.99. The van der Waals surface area contributed by atoms with Crippen molar-refractivity contribution in [2.24, 2.45) is 0 Å². The maximum absolute atomic E-state index is 14.0. The summed E-state index contributed by atoms with van der Waals surface area (Å²) < 4.78 is 19.5. The number of carbonyl (C=O) groups is 2. The van der Waals surface area contributed by atoms with Gasteiger partial charge in [-0.2, -0.15) is 4.98 Å². The Morgan fingerprint density at radius 3 is 2.48 bits per heavy atom. The molecule has 11 nitrogen and oxygen atoms in total. The third kappa shape index (κ3) is 6.96. The smallest absolute Gasteiger partial charge is 0.260 e. The Kier molecular flexibility index (Phi) is 10.3. The highest BCUT2D eigenvalue weighted by Gasteiger charge is 2.35. The van der Waals surface area contributed by atoms with Gasteiger partial charge in [-0.25, -0.2) is 4.68 Å². The van der Waals surface area contributed by atoms with Gasteiger partial charge in [-0.05, 0) is 75.6 Å². The second-order valence-corrected chi connectivity index (χ2v) is 11.6. The average Bonchev–Trinajstić information content (AvgIpc) is 3.43.